The molecule has 0 bridgehead atoms. The number of fused-ring (bicyclic) bond motifs is 1. The zero-order valence-corrected chi connectivity index (χ0v) is 11.5. The lowest BCUT2D eigenvalue weighted by atomic mass is 10.1. The first-order chi connectivity index (χ1) is 10.5. The molecule has 8 heteroatoms. The summed E-state index contributed by atoms with van der Waals surface area (Å²) < 4.78 is 44.6. The maximum atomic E-state index is 12.7. The SMILES string of the molecule is CCOc1ccc(-c2ccnc3nc(C(F)(F)F)nn23)cc1. The number of hydrogen-bond acceptors (Lipinski definition) is 4. The summed E-state index contributed by atoms with van der Waals surface area (Å²) in [4.78, 5) is 7.22. The van der Waals surface area contributed by atoms with Gasteiger partial charge in [-0.1, -0.05) is 0 Å². The Hall–Kier alpha value is -2.64. The van der Waals surface area contributed by atoms with E-state index in [4.69, 9.17) is 4.74 Å². The van der Waals surface area contributed by atoms with Crippen LogP contribution in [0, 0.1) is 0 Å². The van der Waals surface area contributed by atoms with E-state index in [0.717, 1.165) is 4.52 Å². The van der Waals surface area contributed by atoms with Gasteiger partial charge in [-0.25, -0.2) is 4.98 Å². The van der Waals surface area contributed by atoms with Gasteiger partial charge < -0.3 is 4.74 Å². The Labute approximate surface area is 123 Å². The van der Waals surface area contributed by atoms with Gasteiger partial charge >= 0.3 is 6.18 Å². The van der Waals surface area contributed by atoms with E-state index in [1.807, 2.05) is 6.92 Å². The molecular weight excluding hydrogens is 297 g/mol. The summed E-state index contributed by atoms with van der Waals surface area (Å²) in [7, 11) is 0. The van der Waals surface area contributed by atoms with Gasteiger partial charge in [-0.2, -0.15) is 22.7 Å². The van der Waals surface area contributed by atoms with Gasteiger partial charge in [-0.3, -0.25) is 0 Å². The third kappa shape index (κ3) is 2.59. The molecule has 0 atom stereocenters. The molecule has 0 saturated heterocycles. The van der Waals surface area contributed by atoms with E-state index in [-0.39, 0.29) is 5.78 Å². The fourth-order valence-electron chi connectivity index (χ4n) is 2.02. The minimum atomic E-state index is -4.61. The third-order valence-corrected chi connectivity index (χ3v) is 2.96. The van der Waals surface area contributed by atoms with Crippen LogP contribution in [0.3, 0.4) is 0 Å². The molecule has 0 amide bonds. The van der Waals surface area contributed by atoms with Crippen LogP contribution in [0.4, 0.5) is 13.2 Å². The Balaban J connectivity index is 2.08. The molecule has 0 unspecified atom stereocenters. The second-order valence-electron chi connectivity index (χ2n) is 4.43. The molecule has 0 aliphatic heterocycles. The van der Waals surface area contributed by atoms with E-state index in [2.05, 4.69) is 15.1 Å². The second kappa shape index (κ2) is 5.28. The van der Waals surface area contributed by atoms with Crippen LogP contribution < -0.4 is 4.74 Å². The molecule has 5 nitrogen and oxygen atoms in total. The molecule has 1 aromatic carbocycles. The molecule has 0 saturated carbocycles. The second-order valence-corrected chi connectivity index (χ2v) is 4.43. The molecule has 0 spiro atoms. The van der Waals surface area contributed by atoms with Crippen molar-refractivity contribution in [2.24, 2.45) is 0 Å². The lowest BCUT2D eigenvalue weighted by molar-refractivity contribution is -0.144. The third-order valence-electron chi connectivity index (χ3n) is 2.96. The molecular formula is C14H11F3N4O. The maximum absolute atomic E-state index is 12.7. The first-order valence-corrected chi connectivity index (χ1v) is 6.51. The molecule has 3 aromatic rings. The highest BCUT2D eigenvalue weighted by atomic mass is 19.4. The summed E-state index contributed by atoms with van der Waals surface area (Å²) >= 11 is 0. The predicted octanol–water partition coefficient (Wildman–Crippen LogP) is 3.21. The van der Waals surface area contributed by atoms with Crippen molar-refractivity contribution in [1.29, 1.82) is 0 Å². The molecule has 0 fully saturated rings. The van der Waals surface area contributed by atoms with Crippen molar-refractivity contribution < 1.29 is 17.9 Å². The van der Waals surface area contributed by atoms with Crippen molar-refractivity contribution in [3.05, 3.63) is 42.4 Å². The van der Waals surface area contributed by atoms with Crippen molar-refractivity contribution in [3.63, 3.8) is 0 Å². The monoisotopic (exact) mass is 308 g/mol. The van der Waals surface area contributed by atoms with Gasteiger partial charge in [0.2, 0.25) is 0 Å². The van der Waals surface area contributed by atoms with Crippen LogP contribution in [0.25, 0.3) is 17.0 Å². The van der Waals surface area contributed by atoms with Crippen molar-refractivity contribution in [1.82, 2.24) is 19.6 Å². The summed E-state index contributed by atoms with van der Waals surface area (Å²) in [6, 6.07) is 8.56. The molecule has 2 aromatic heterocycles. The van der Waals surface area contributed by atoms with Crippen molar-refractivity contribution in [2.75, 3.05) is 6.61 Å². The lowest BCUT2D eigenvalue weighted by Gasteiger charge is -2.06. The van der Waals surface area contributed by atoms with Crippen LogP contribution in [0.1, 0.15) is 12.7 Å². The van der Waals surface area contributed by atoms with E-state index in [1.165, 1.54) is 6.20 Å². The highest BCUT2D eigenvalue weighted by molar-refractivity contribution is 5.62. The fourth-order valence-corrected chi connectivity index (χ4v) is 2.02. The maximum Gasteiger partial charge on any atom is 0.453 e. The Bertz CT molecular complexity index is 796. The zero-order chi connectivity index (χ0) is 15.7. The minimum absolute atomic E-state index is 0.0984. The van der Waals surface area contributed by atoms with E-state index >= 15 is 0 Å². The normalized spacial score (nSPS) is 11.8. The number of rotatable bonds is 3. The Morgan fingerprint density at radius 2 is 1.86 bits per heavy atom. The number of hydrogen-bond donors (Lipinski definition) is 0. The lowest BCUT2D eigenvalue weighted by Crippen LogP contribution is -2.07. The number of alkyl halides is 3. The van der Waals surface area contributed by atoms with Gasteiger partial charge in [0.05, 0.1) is 12.3 Å². The first kappa shape index (κ1) is 14.3. The molecule has 0 aliphatic rings. The smallest absolute Gasteiger partial charge is 0.453 e. The fraction of sp³-hybridized carbons (Fsp3) is 0.214. The standard InChI is InChI=1S/C14H11F3N4O/c1-2-22-10-5-3-9(4-6-10)11-7-8-18-13-19-12(14(15,16)17)20-21(11)13/h3-8H,2H2,1H3. The van der Waals surface area contributed by atoms with Crippen LogP contribution in [0.5, 0.6) is 5.75 Å². The molecule has 22 heavy (non-hydrogen) atoms. The van der Waals surface area contributed by atoms with E-state index < -0.39 is 12.0 Å². The molecule has 0 N–H and O–H groups in total. The summed E-state index contributed by atoms with van der Waals surface area (Å²) in [5, 5.41) is 3.51. The zero-order valence-electron chi connectivity index (χ0n) is 11.5. The molecule has 114 valence electrons. The average molecular weight is 308 g/mol. The van der Waals surface area contributed by atoms with E-state index in [9.17, 15) is 13.2 Å². The first-order valence-electron chi connectivity index (χ1n) is 6.51. The molecule has 3 rings (SSSR count). The number of benzene rings is 1. The number of aromatic nitrogens is 4. The highest BCUT2D eigenvalue weighted by Crippen LogP contribution is 2.28. The van der Waals surface area contributed by atoms with Crippen LogP contribution in [-0.4, -0.2) is 26.2 Å². The molecule has 2 heterocycles. The van der Waals surface area contributed by atoms with Crippen LogP contribution >= 0.6 is 0 Å². The van der Waals surface area contributed by atoms with E-state index in [0.29, 0.717) is 23.6 Å². The Morgan fingerprint density at radius 3 is 2.50 bits per heavy atom. The summed E-state index contributed by atoms with van der Waals surface area (Å²) in [5.41, 5.74) is 1.16. The van der Waals surface area contributed by atoms with Gasteiger partial charge in [0, 0.05) is 11.8 Å². The largest absolute Gasteiger partial charge is 0.494 e. The van der Waals surface area contributed by atoms with Gasteiger partial charge in [0.15, 0.2) is 0 Å². The number of nitrogens with zero attached hydrogens (tertiary/aromatic N) is 4. The van der Waals surface area contributed by atoms with Crippen LogP contribution in [0.15, 0.2) is 36.5 Å². The van der Waals surface area contributed by atoms with E-state index in [1.54, 1.807) is 30.3 Å². The highest BCUT2D eigenvalue weighted by Gasteiger charge is 2.36. The topological polar surface area (TPSA) is 52.3 Å². The predicted molar refractivity (Wildman–Crippen MR) is 72.4 cm³/mol. The Morgan fingerprint density at radius 1 is 1.14 bits per heavy atom. The summed E-state index contributed by atoms with van der Waals surface area (Å²) in [6.07, 6.45) is -3.21. The van der Waals surface area contributed by atoms with Gasteiger partial charge in [0.25, 0.3) is 11.6 Å². The van der Waals surface area contributed by atoms with Gasteiger partial charge in [-0.15, -0.1) is 5.10 Å². The van der Waals surface area contributed by atoms with Crippen LogP contribution in [0.2, 0.25) is 0 Å². The quantitative estimate of drug-likeness (QED) is 0.745. The summed E-state index contributed by atoms with van der Waals surface area (Å²) in [5.74, 6) is -0.622. The van der Waals surface area contributed by atoms with Crippen molar-refractivity contribution in [2.45, 2.75) is 13.1 Å². The molecule has 0 radical (unpaired) electrons. The van der Waals surface area contributed by atoms with Crippen LogP contribution in [-0.2, 0) is 6.18 Å². The number of ether oxygens (including phenoxy) is 1. The Kier molecular flexibility index (Phi) is 3.44. The van der Waals surface area contributed by atoms with Gasteiger partial charge in [-0.05, 0) is 37.3 Å². The van der Waals surface area contributed by atoms with Gasteiger partial charge in [0.1, 0.15) is 5.75 Å². The van der Waals surface area contributed by atoms with Crippen molar-refractivity contribution >= 4 is 5.78 Å². The number of halogens is 3. The van der Waals surface area contributed by atoms with Crippen molar-refractivity contribution in [3.8, 4) is 17.0 Å². The minimum Gasteiger partial charge on any atom is -0.494 e. The average Bonchev–Trinajstić information content (AvgIpc) is 2.92. The molecule has 0 aliphatic carbocycles. The summed E-state index contributed by atoms with van der Waals surface area (Å²) in [6.45, 7) is 2.41.